The summed E-state index contributed by atoms with van der Waals surface area (Å²) in [4.78, 5) is 11.0. The normalized spacial score (nSPS) is 25.9. The molecule has 3 rings (SSSR count). The van der Waals surface area contributed by atoms with E-state index in [1.165, 1.54) is 30.5 Å². The van der Waals surface area contributed by atoms with Gasteiger partial charge in [-0.25, -0.2) is 5.43 Å². The molecule has 0 aromatic heterocycles. The van der Waals surface area contributed by atoms with E-state index in [-0.39, 0.29) is 5.92 Å². The van der Waals surface area contributed by atoms with E-state index in [0.29, 0.717) is 18.5 Å². The molecule has 108 valence electrons. The number of fused-ring (bicyclic) bond motifs is 2. The van der Waals surface area contributed by atoms with Gasteiger partial charge in [-0.1, -0.05) is 31.5 Å². The molecule has 0 bridgehead atoms. The lowest BCUT2D eigenvalue weighted by Gasteiger charge is -2.41. The Morgan fingerprint density at radius 3 is 3.05 bits per heavy atom. The first-order valence-electron chi connectivity index (χ1n) is 7.50. The maximum atomic E-state index is 11.0. The number of aliphatic carboxylic acids is 1. The van der Waals surface area contributed by atoms with Gasteiger partial charge in [0.1, 0.15) is 0 Å². The summed E-state index contributed by atoms with van der Waals surface area (Å²) in [6, 6.07) is 9.00. The molecular formula is C16H22N2O2. The second-order valence-corrected chi connectivity index (χ2v) is 6.06. The minimum absolute atomic E-state index is 0.371. The molecule has 3 atom stereocenters. The van der Waals surface area contributed by atoms with Crippen LogP contribution < -0.4 is 10.4 Å². The van der Waals surface area contributed by atoms with Crippen molar-refractivity contribution >= 4 is 11.7 Å². The maximum absolute atomic E-state index is 11.0. The van der Waals surface area contributed by atoms with Crippen LogP contribution in [0, 0.1) is 11.8 Å². The fraction of sp³-hybridized carbons (Fsp3) is 0.562. The quantitative estimate of drug-likeness (QED) is 0.885. The second kappa shape index (κ2) is 5.44. The summed E-state index contributed by atoms with van der Waals surface area (Å²) < 4.78 is 0. The Morgan fingerprint density at radius 2 is 2.25 bits per heavy atom. The predicted octanol–water partition coefficient (Wildman–Crippen LogP) is 2.44. The number of anilines is 1. The summed E-state index contributed by atoms with van der Waals surface area (Å²) in [6.07, 6.45) is 4.92. The zero-order chi connectivity index (χ0) is 14.1. The Hall–Kier alpha value is -1.55. The van der Waals surface area contributed by atoms with Crippen LogP contribution in [0.4, 0.5) is 5.69 Å². The molecule has 2 aliphatic rings. The smallest absolute Gasteiger partial charge is 0.307 e. The van der Waals surface area contributed by atoms with E-state index in [0.717, 1.165) is 6.42 Å². The van der Waals surface area contributed by atoms with Crippen LogP contribution in [-0.4, -0.2) is 23.7 Å². The topological polar surface area (TPSA) is 52.6 Å². The second-order valence-electron chi connectivity index (χ2n) is 6.06. The molecule has 1 heterocycles. The van der Waals surface area contributed by atoms with Crippen LogP contribution in [0.5, 0.6) is 0 Å². The molecule has 1 aliphatic carbocycles. The fourth-order valence-corrected chi connectivity index (χ4v) is 3.50. The van der Waals surface area contributed by atoms with Gasteiger partial charge in [0.2, 0.25) is 0 Å². The molecule has 0 radical (unpaired) electrons. The number of hydrogen-bond acceptors (Lipinski definition) is 3. The van der Waals surface area contributed by atoms with Crippen molar-refractivity contribution in [2.24, 2.45) is 11.8 Å². The minimum Gasteiger partial charge on any atom is -0.481 e. The predicted molar refractivity (Wildman–Crippen MR) is 78.6 cm³/mol. The number of carboxylic acids is 1. The van der Waals surface area contributed by atoms with Crippen LogP contribution in [0.1, 0.15) is 31.7 Å². The van der Waals surface area contributed by atoms with Crippen molar-refractivity contribution in [2.75, 3.05) is 11.6 Å². The van der Waals surface area contributed by atoms with Crippen LogP contribution in [0.15, 0.2) is 24.3 Å². The number of carboxylic acid groups (broad SMARTS) is 1. The van der Waals surface area contributed by atoms with Gasteiger partial charge in [0.15, 0.2) is 0 Å². The monoisotopic (exact) mass is 274 g/mol. The van der Waals surface area contributed by atoms with E-state index >= 15 is 0 Å². The fourth-order valence-electron chi connectivity index (χ4n) is 3.50. The zero-order valence-corrected chi connectivity index (χ0v) is 11.9. The third kappa shape index (κ3) is 2.40. The summed E-state index contributed by atoms with van der Waals surface area (Å²) >= 11 is 0. The molecule has 1 fully saturated rings. The third-order valence-corrected chi connectivity index (χ3v) is 4.67. The summed E-state index contributed by atoms with van der Waals surface area (Å²) in [6.45, 7) is 2.23. The molecule has 1 saturated carbocycles. The van der Waals surface area contributed by atoms with Gasteiger partial charge in [-0.2, -0.15) is 0 Å². The van der Waals surface area contributed by atoms with Crippen LogP contribution in [0.2, 0.25) is 0 Å². The van der Waals surface area contributed by atoms with Gasteiger partial charge < -0.3 is 10.1 Å². The molecule has 3 unspecified atom stereocenters. The molecule has 2 N–H and O–H groups in total. The van der Waals surface area contributed by atoms with Crippen molar-refractivity contribution in [3.05, 3.63) is 29.8 Å². The summed E-state index contributed by atoms with van der Waals surface area (Å²) in [5.74, 6) is -0.410. The van der Waals surface area contributed by atoms with Crippen molar-refractivity contribution in [2.45, 2.75) is 38.6 Å². The average molecular weight is 274 g/mol. The van der Waals surface area contributed by atoms with Crippen molar-refractivity contribution < 1.29 is 9.90 Å². The lowest BCUT2D eigenvalue weighted by molar-refractivity contribution is -0.140. The first-order valence-corrected chi connectivity index (χ1v) is 7.50. The molecule has 4 nitrogen and oxygen atoms in total. The molecular weight excluding hydrogens is 252 g/mol. The summed E-state index contributed by atoms with van der Waals surface area (Å²) in [5, 5.41) is 11.3. The van der Waals surface area contributed by atoms with E-state index in [1.807, 2.05) is 0 Å². The lowest BCUT2D eigenvalue weighted by Crippen LogP contribution is -2.52. The Bertz CT molecular complexity index is 503. The lowest BCUT2D eigenvalue weighted by atomic mass is 9.89. The van der Waals surface area contributed by atoms with Crippen LogP contribution in [0.25, 0.3) is 0 Å². The van der Waals surface area contributed by atoms with Crippen molar-refractivity contribution in [3.63, 3.8) is 0 Å². The Labute approximate surface area is 119 Å². The number of rotatable bonds is 4. The summed E-state index contributed by atoms with van der Waals surface area (Å²) in [5.41, 5.74) is 5.99. The van der Waals surface area contributed by atoms with Gasteiger partial charge in [0.05, 0.1) is 11.6 Å². The van der Waals surface area contributed by atoms with Gasteiger partial charge in [0, 0.05) is 12.6 Å². The maximum Gasteiger partial charge on any atom is 0.307 e. The zero-order valence-electron chi connectivity index (χ0n) is 11.9. The van der Waals surface area contributed by atoms with Gasteiger partial charge in [-0.15, -0.1) is 0 Å². The number of hydrazine groups is 1. The molecule has 1 aliphatic heterocycles. The average Bonchev–Trinajstić information content (AvgIpc) is 2.90. The van der Waals surface area contributed by atoms with Gasteiger partial charge in [-0.05, 0) is 36.8 Å². The van der Waals surface area contributed by atoms with Gasteiger partial charge in [0.25, 0.3) is 0 Å². The van der Waals surface area contributed by atoms with Crippen molar-refractivity contribution in [3.8, 4) is 0 Å². The Morgan fingerprint density at radius 1 is 1.45 bits per heavy atom. The van der Waals surface area contributed by atoms with Crippen molar-refractivity contribution in [1.82, 2.24) is 5.43 Å². The number of para-hydroxylation sites is 1. The van der Waals surface area contributed by atoms with Gasteiger partial charge in [-0.3, -0.25) is 4.79 Å². The molecule has 0 amide bonds. The Kier molecular flexibility index (Phi) is 3.66. The van der Waals surface area contributed by atoms with E-state index in [9.17, 15) is 4.79 Å². The van der Waals surface area contributed by atoms with Crippen LogP contribution in [-0.2, 0) is 11.2 Å². The first-order chi connectivity index (χ1) is 9.66. The van der Waals surface area contributed by atoms with E-state index < -0.39 is 5.97 Å². The first kappa shape index (κ1) is 13.4. The number of hydrogen-bond donors (Lipinski definition) is 2. The number of benzene rings is 1. The van der Waals surface area contributed by atoms with Crippen molar-refractivity contribution in [1.29, 1.82) is 0 Å². The highest BCUT2D eigenvalue weighted by Gasteiger charge is 2.37. The summed E-state index contributed by atoms with van der Waals surface area (Å²) in [7, 11) is 0. The standard InChI is InChI=1S/C16H22N2O2/c1-11(16(19)20)10-17-18-14-7-3-2-5-12(14)9-13-6-4-8-15(13)18/h2-3,5,7,11,13,15,17H,4,6,8-10H2,1H3,(H,19,20). The third-order valence-electron chi connectivity index (χ3n) is 4.67. The molecule has 1 aromatic carbocycles. The highest BCUT2D eigenvalue weighted by Crippen LogP contribution is 2.40. The number of nitrogens with one attached hydrogen (secondary N) is 1. The van der Waals surface area contributed by atoms with Crippen LogP contribution >= 0.6 is 0 Å². The van der Waals surface area contributed by atoms with E-state index in [2.05, 4.69) is 34.7 Å². The number of nitrogens with zero attached hydrogens (tertiary/aromatic N) is 1. The van der Waals surface area contributed by atoms with Gasteiger partial charge >= 0.3 is 5.97 Å². The van der Waals surface area contributed by atoms with E-state index in [1.54, 1.807) is 6.92 Å². The highest BCUT2D eigenvalue weighted by atomic mass is 16.4. The largest absolute Gasteiger partial charge is 0.481 e. The SMILES string of the molecule is CC(CNN1c2ccccc2CC2CCCC21)C(=O)O. The Balaban J connectivity index is 1.81. The molecule has 4 heteroatoms. The van der Waals surface area contributed by atoms with E-state index in [4.69, 9.17) is 5.11 Å². The molecule has 0 spiro atoms. The molecule has 20 heavy (non-hydrogen) atoms. The molecule has 1 aromatic rings. The molecule has 0 saturated heterocycles. The number of carbonyl (C=O) groups is 1. The van der Waals surface area contributed by atoms with Crippen LogP contribution in [0.3, 0.4) is 0 Å². The highest BCUT2D eigenvalue weighted by molar-refractivity contribution is 5.69. The minimum atomic E-state index is -0.745.